The van der Waals surface area contributed by atoms with Gasteiger partial charge >= 0.3 is 5.97 Å². The van der Waals surface area contributed by atoms with Crippen molar-refractivity contribution in [2.24, 2.45) is 11.3 Å². The molecule has 1 aliphatic carbocycles. The summed E-state index contributed by atoms with van der Waals surface area (Å²) in [5, 5.41) is 9.38. The van der Waals surface area contributed by atoms with Crippen LogP contribution in [-0.2, 0) is 9.53 Å². The van der Waals surface area contributed by atoms with Crippen LogP contribution in [-0.4, -0.2) is 5.97 Å². The minimum absolute atomic E-state index is 0.0191. The third-order valence-corrected chi connectivity index (χ3v) is 4.66. The van der Waals surface area contributed by atoms with Crippen molar-refractivity contribution in [3.63, 3.8) is 0 Å². The first-order chi connectivity index (χ1) is 12.3. The van der Waals surface area contributed by atoms with Gasteiger partial charge in [-0.05, 0) is 43.0 Å². The second-order valence-corrected chi connectivity index (χ2v) is 7.30. The average molecular weight is 353 g/mol. The Morgan fingerprint density at radius 1 is 1.27 bits per heavy atom. The van der Waals surface area contributed by atoms with Crippen molar-refractivity contribution in [1.82, 2.24) is 0 Å². The monoisotopic (exact) mass is 353 g/mol. The van der Waals surface area contributed by atoms with Crippen LogP contribution in [0.1, 0.15) is 37.5 Å². The van der Waals surface area contributed by atoms with Crippen molar-refractivity contribution < 1.29 is 18.7 Å². The van der Waals surface area contributed by atoms with Crippen LogP contribution in [0.15, 0.2) is 42.5 Å². The van der Waals surface area contributed by atoms with Gasteiger partial charge in [0.05, 0.1) is 5.92 Å². The molecule has 2 aromatic rings. The number of hydrogen-bond acceptors (Lipinski definition) is 4. The van der Waals surface area contributed by atoms with E-state index in [2.05, 4.69) is 0 Å². The summed E-state index contributed by atoms with van der Waals surface area (Å²) in [7, 11) is 0. The summed E-state index contributed by atoms with van der Waals surface area (Å²) < 4.78 is 25.0. The van der Waals surface area contributed by atoms with Crippen molar-refractivity contribution in [3.05, 3.63) is 59.4 Å². The highest BCUT2D eigenvalue weighted by atomic mass is 19.1. The lowest BCUT2D eigenvalue weighted by Crippen LogP contribution is -2.14. The summed E-state index contributed by atoms with van der Waals surface area (Å²) >= 11 is 0. The summed E-state index contributed by atoms with van der Waals surface area (Å²) in [5.41, 5.74) is 1.36. The number of halogens is 1. The number of nitriles is 1. The maximum atomic E-state index is 14.1. The van der Waals surface area contributed by atoms with Gasteiger partial charge in [-0.2, -0.15) is 5.26 Å². The number of ether oxygens (including phenoxy) is 2. The van der Waals surface area contributed by atoms with Crippen molar-refractivity contribution in [3.8, 4) is 17.6 Å². The maximum absolute atomic E-state index is 14.1. The van der Waals surface area contributed by atoms with Gasteiger partial charge in [0, 0.05) is 5.56 Å². The topological polar surface area (TPSA) is 59.3 Å². The van der Waals surface area contributed by atoms with Gasteiger partial charge in [-0.15, -0.1) is 0 Å². The van der Waals surface area contributed by atoms with Gasteiger partial charge in [0.15, 0.2) is 11.6 Å². The lowest BCUT2D eigenvalue weighted by Gasteiger charge is -2.14. The van der Waals surface area contributed by atoms with Crippen LogP contribution >= 0.6 is 0 Å². The Hall–Kier alpha value is -2.87. The molecular formula is C21H20FNO3. The van der Waals surface area contributed by atoms with Crippen molar-refractivity contribution >= 4 is 5.97 Å². The van der Waals surface area contributed by atoms with Crippen LogP contribution in [0.2, 0.25) is 0 Å². The van der Waals surface area contributed by atoms with E-state index in [-0.39, 0.29) is 17.1 Å². The molecular weight excluding hydrogens is 333 g/mol. The molecule has 26 heavy (non-hydrogen) atoms. The average Bonchev–Trinajstić information content (AvgIpc) is 3.25. The van der Waals surface area contributed by atoms with E-state index in [1.165, 1.54) is 18.2 Å². The quantitative estimate of drug-likeness (QED) is 0.703. The largest absolute Gasteiger partial charge is 0.454 e. The number of rotatable bonds is 5. The Morgan fingerprint density at radius 2 is 1.92 bits per heavy atom. The molecule has 0 N–H and O–H groups in total. The van der Waals surface area contributed by atoms with E-state index in [1.54, 1.807) is 12.1 Å². The summed E-state index contributed by atoms with van der Waals surface area (Å²) in [6.45, 7) is 5.90. The lowest BCUT2D eigenvalue weighted by molar-refractivity contribution is -0.149. The highest BCUT2D eigenvalue weighted by Crippen LogP contribution is 2.52. The Balaban J connectivity index is 1.77. The van der Waals surface area contributed by atoms with Crippen LogP contribution in [0.3, 0.4) is 0 Å². The smallest absolute Gasteiger partial charge is 0.311 e. The molecule has 5 heteroatoms. The highest BCUT2D eigenvalue weighted by molar-refractivity contribution is 5.77. The third kappa shape index (κ3) is 3.85. The first kappa shape index (κ1) is 17.9. The molecule has 0 heterocycles. The Labute approximate surface area is 152 Å². The molecule has 0 amide bonds. The third-order valence-electron chi connectivity index (χ3n) is 4.66. The summed E-state index contributed by atoms with van der Waals surface area (Å²) in [5.74, 6) is -0.680. The number of carbonyl (C=O) groups is 1. The molecule has 0 saturated heterocycles. The predicted molar refractivity (Wildman–Crippen MR) is 94.0 cm³/mol. The van der Waals surface area contributed by atoms with Crippen molar-refractivity contribution in [2.75, 3.05) is 0 Å². The number of esters is 1. The van der Waals surface area contributed by atoms with Crippen LogP contribution in [0.4, 0.5) is 4.39 Å². The van der Waals surface area contributed by atoms with Gasteiger partial charge in [-0.25, -0.2) is 4.39 Å². The minimum atomic E-state index is -1.10. The summed E-state index contributed by atoms with van der Waals surface area (Å²) in [6.07, 6.45) is -0.352. The zero-order valence-electron chi connectivity index (χ0n) is 15.0. The van der Waals surface area contributed by atoms with Crippen LogP contribution in [0.25, 0.3) is 0 Å². The molecule has 4 nitrogen and oxygen atoms in total. The molecule has 134 valence electrons. The second kappa shape index (κ2) is 6.80. The molecule has 1 aliphatic rings. The predicted octanol–water partition coefficient (Wildman–Crippen LogP) is 5.08. The Kier molecular flexibility index (Phi) is 4.69. The fraction of sp³-hybridized carbons (Fsp3) is 0.333. The molecule has 0 unspecified atom stereocenters. The molecule has 0 radical (unpaired) electrons. The number of benzene rings is 2. The van der Waals surface area contributed by atoms with E-state index >= 15 is 0 Å². The van der Waals surface area contributed by atoms with Gasteiger partial charge in [0.1, 0.15) is 11.8 Å². The molecule has 0 aromatic heterocycles. The van der Waals surface area contributed by atoms with Gasteiger partial charge in [0.2, 0.25) is 6.10 Å². The van der Waals surface area contributed by atoms with Crippen LogP contribution in [0.5, 0.6) is 11.5 Å². The maximum Gasteiger partial charge on any atom is 0.311 e. The minimum Gasteiger partial charge on any atom is -0.454 e. The summed E-state index contributed by atoms with van der Waals surface area (Å²) in [6, 6.07) is 13.2. The van der Waals surface area contributed by atoms with Gasteiger partial charge < -0.3 is 9.47 Å². The highest BCUT2D eigenvalue weighted by Gasteiger charge is 2.52. The standard InChI is InChI=1S/C21H20FNO3/c1-13-4-7-15(8-5-13)25-18-10-14(6-9-17(18)22)19(12-23)26-20(24)16-11-21(16,2)3/h4-10,16,19H,11H2,1-3H3/t16-,19+/m0/s1. The Morgan fingerprint density at radius 3 is 2.50 bits per heavy atom. The number of aryl methyl sites for hydroxylation is 1. The molecule has 2 aromatic carbocycles. The zero-order chi connectivity index (χ0) is 18.9. The lowest BCUT2D eigenvalue weighted by atomic mass is 10.1. The number of hydrogen-bond donors (Lipinski definition) is 0. The van der Waals surface area contributed by atoms with Crippen LogP contribution in [0, 0.1) is 35.4 Å². The van der Waals surface area contributed by atoms with E-state index < -0.39 is 17.9 Å². The van der Waals surface area contributed by atoms with E-state index in [1.807, 2.05) is 39.0 Å². The van der Waals surface area contributed by atoms with Gasteiger partial charge in [-0.3, -0.25) is 4.79 Å². The van der Waals surface area contributed by atoms with Gasteiger partial charge in [-0.1, -0.05) is 37.6 Å². The fourth-order valence-corrected chi connectivity index (χ4v) is 2.73. The van der Waals surface area contributed by atoms with E-state index in [9.17, 15) is 14.4 Å². The summed E-state index contributed by atoms with van der Waals surface area (Å²) in [4.78, 5) is 12.2. The molecule has 0 aliphatic heterocycles. The zero-order valence-corrected chi connectivity index (χ0v) is 15.0. The molecule has 2 atom stereocenters. The van der Waals surface area contributed by atoms with Gasteiger partial charge in [0.25, 0.3) is 0 Å². The molecule has 0 spiro atoms. The van der Waals surface area contributed by atoms with Crippen LogP contribution < -0.4 is 4.74 Å². The molecule has 3 rings (SSSR count). The fourth-order valence-electron chi connectivity index (χ4n) is 2.73. The second-order valence-electron chi connectivity index (χ2n) is 7.30. The Bertz CT molecular complexity index is 868. The number of nitrogens with zero attached hydrogens (tertiary/aromatic N) is 1. The van der Waals surface area contributed by atoms with Crippen molar-refractivity contribution in [1.29, 1.82) is 5.26 Å². The van der Waals surface area contributed by atoms with E-state index in [0.717, 1.165) is 12.0 Å². The SMILES string of the molecule is Cc1ccc(Oc2cc([C@@H](C#N)OC(=O)[C@@H]3CC3(C)C)ccc2F)cc1. The molecule has 1 fully saturated rings. The molecule has 1 saturated carbocycles. The first-order valence-electron chi connectivity index (χ1n) is 8.44. The first-order valence-corrected chi connectivity index (χ1v) is 8.44. The van der Waals surface area contributed by atoms with E-state index in [0.29, 0.717) is 11.3 Å². The number of carbonyl (C=O) groups excluding carboxylic acids is 1. The van der Waals surface area contributed by atoms with E-state index in [4.69, 9.17) is 9.47 Å². The molecule has 0 bridgehead atoms. The normalized spacial score (nSPS) is 18.5. The van der Waals surface area contributed by atoms with Crippen molar-refractivity contribution in [2.45, 2.75) is 33.3 Å².